The lowest BCUT2D eigenvalue weighted by atomic mass is 9.83. The van der Waals surface area contributed by atoms with Crippen molar-refractivity contribution in [3.8, 4) is 5.88 Å². The molecule has 1 aliphatic carbocycles. The SMILES string of the molecule is CCOC1(c2nc(O)c(C(C)C)c(=O)[nH]2)CCCCC1. The highest BCUT2D eigenvalue weighted by Crippen LogP contribution is 2.39. The molecule has 112 valence electrons. The molecular formula is C15H24N2O3. The van der Waals surface area contributed by atoms with E-state index in [0.29, 0.717) is 18.0 Å². The van der Waals surface area contributed by atoms with Gasteiger partial charge in [-0.05, 0) is 25.7 Å². The molecule has 0 bridgehead atoms. The summed E-state index contributed by atoms with van der Waals surface area (Å²) >= 11 is 0. The predicted octanol–water partition coefficient (Wildman–Crippen LogP) is 2.79. The van der Waals surface area contributed by atoms with Gasteiger partial charge in [0, 0.05) is 6.61 Å². The van der Waals surface area contributed by atoms with Gasteiger partial charge in [-0.2, -0.15) is 4.98 Å². The van der Waals surface area contributed by atoms with Gasteiger partial charge >= 0.3 is 0 Å². The molecule has 0 unspecified atom stereocenters. The molecule has 0 spiro atoms. The highest BCUT2D eigenvalue weighted by atomic mass is 16.5. The average molecular weight is 280 g/mol. The summed E-state index contributed by atoms with van der Waals surface area (Å²) in [6, 6.07) is 0. The lowest BCUT2D eigenvalue weighted by Gasteiger charge is -2.36. The maximum absolute atomic E-state index is 12.2. The van der Waals surface area contributed by atoms with Crippen LogP contribution >= 0.6 is 0 Å². The van der Waals surface area contributed by atoms with Crippen molar-refractivity contribution in [1.29, 1.82) is 0 Å². The molecule has 5 heteroatoms. The molecule has 0 atom stereocenters. The van der Waals surface area contributed by atoms with Crippen molar-refractivity contribution in [2.75, 3.05) is 6.61 Å². The summed E-state index contributed by atoms with van der Waals surface area (Å²) < 4.78 is 5.92. The van der Waals surface area contributed by atoms with E-state index in [4.69, 9.17) is 4.74 Å². The first-order valence-electron chi connectivity index (χ1n) is 7.48. The molecule has 1 aromatic rings. The molecule has 1 saturated carbocycles. The van der Waals surface area contributed by atoms with Crippen LogP contribution in [0.2, 0.25) is 0 Å². The fourth-order valence-electron chi connectivity index (χ4n) is 3.06. The Morgan fingerprint density at radius 3 is 2.50 bits per heavy atom. The summed E-state index contributed by atoms with van der Waals surface area (Å²) in [7, 11) is 0. The number of H-pyrrole nitrogens is 1. The third-order valence-electron chi connectivity index (χ3n) is 4.03. The van der Waals surface area contributed by atoms with Gasteiger partial charge in [0.15, 0.2) is 0 Å². The van der Waals surface area contributed by atoms with Gasteiger partial charge < -0.3 is 14.8 Å². The van der Waals surface area contributed by atoms with Crippen LogP contribution in [0.15, 0.2) is 4.79 Å². The molecule has 1 aliphatic rings. The van der Waals surface area contributed by atoms with Crippen LogP contribution in [0.3, 0.4) is 0 Å². The number of hydrogen-bond donors (Lipinski definition) is 2. The number of aromatic nitrogens is 2. The number of aromatic amines is 1. The largest absolute Gasteiger partial charge is 0.493 e. The van der Waals surface area contributed by atoms with Crippen LogP contribution in [-0.4, -0.2) is 21.7 Å². The van der Waals surface area contributed by atoms with Crippen molar-refractivity contribution >= 4 is 0 Å². The minimum absolute atomic E-state index is 0.0605. The Hall–Kier alpha value is -1.36. The number of aromatic hydroxyl groups is 1. The molecule has 20 heavy (non-hydrogen) atoms. The molecular weight excluding hydrogens is 256 g/mol. The molecule has 0 aliphatic heterocycles. The Kier molecular flexibility index (Phi) is 4.48. The molecule has 0 saturated heterocycles. The highest BCUT2D eigenvalue weighted by molar-refractivity contribution is 5.27. The Morgan fingerprint density at radius 1 is 1.35 bits per heavy atom. The molecule has 0 aromatic carbocycles. The fraction of sp³-hybridized carbons (Fsp3) is 0.733. The van der Waals surface area contributed by atoms with Crippen LogP contribution < -0.4 is 5.56 Å². The second-order valence-electron chi connectivity index (χ2n) is 5.79. The summed E-state index contributed by atoms with van der Waals surface area (Å²) in [6.07, 6.45) is 4.95. The first kappa shape index (κ1) is 15.0. The molecule has 1 fully saturated rings. The molecule has 2 rings (SSSR count). The van der Waals surface area contributed by atoms with E-state index in [1.807, 2.05) is 20.8 Å². The third kappa shape index (κ3) is 2.73. The van der Waals surface area contributed by atoms with E-state index in [1.54, 1.807) is 0 Å². The van der Waals surface area contributed by atoms with Crippen molar-refractivity contribution in [3.05, 3.63) is 21.7 Å². The van der Waals surface area contributed by atoms with Crippen molar-refractivity contribution < 1.29 is 9.84 Å². The predicted molar refractivity (Wildman–Crippen MR) is 77.0 cm³/mol. The van der Waals surface area contributed by atoms with E-state index in [1.165, 1.54) is 6.42 Å². The van der Waals surface area contributed by atoms with Crippen LogP contribution in [0.25, 0.3) is 0 Å². The molecule has 1 heterocycles. The summed E-state index contributed by atoms with van der Waals surface area (Å²) in [4.78, 5) is 19.3. The van der Waals surface area contributed by atoms with Gasteiger partial charge in [-0.1, -0.05) is 33.1 Å². The van der Waals surface area contributed by atoms with E-state index in [0.717, 1.165) is 25.7 Å². The van der Waals surface area contributed by atoms with Crippen LogP contribution in [0, 0.1) is 0 Å². The standard InChI is InChI=1S/C15H24N2O3/c1-4-20-15(8-6-5-7-9-15)14-16-12(18)11(10(2)3)13(19)17-14/h10H,4-9H2,1-3H3,(H2,16,17,18,19). The quantitative estimate of drug-likeness (QED) is 0.889. The fourth-order valence-corrected chi connectivity index (χ4v) is 3.06. The second-order valence-corrected chi connectivity index (χ2v) is 5.79. The number of rotatable bonds is 4. The first-order chi connectivity index (χ1) is 9.50. The zero-order chi connectivity index (χ0) is 14.8. The van der Waals surface area contributed by atoms with Gasteiger partial charge in [-0.15, -0.1) is 0 Å². The van der Waals surface area contributed by atoms with Gasteiger partial charge in [0.2, 0.25) is 5.88 Å². The van der Waals surface area contributed by atoms with E-state index >= 15 is 0 Å². The second kappa shape index (κ2) is 5.95. The third-order valence-corrected chi connectivity index (χ3v) is 4.03. The minimum Gasteiger partial charge on any atom is -0.493 e. The molecule has 2 N–H and O–H groups in total. The molecule has 1 aromatic heterocycles. The molecule has 5 nitrogen and oxygen atoms in total. The molecule has 0 radical (unpaired) electrons. The monoisotopic (exact) mass is 280 g/mol. The van der Waals surface area contributed by atoms with Crippen molar-refractivity contribution in [2.45, 2.75) is 64.4 Å². The van der Waals surface area contributed by atoms with Crippen molar-refractivity contribution in [3.63, 3.8) is 0 Å². The lowest BCUT2D eigenvalue weighted by Crippen LogP contribution is -2.36. The zero-order valence-electron chi connectivity index (χ0n) is 12.5. The van der Waals surface area contributed by atoms with Gasteiger partial charge in [-0.25, -0.2) is 0 Å². The lowest BCUT2D eigenvalue weighted by molar-refractivity contribution is -0.0771. The van der Waals surface area contributed by atoms with E-state index in [2.05, 4.69) is 9.97 Å². The van der Waals surface area contributed by atoms with Crippen LogP contribution in [0.4, 0.5) is 0 Å². The summed E-state index contributed by atoms with van der Waals surface area (Å²) in [5.41, 5.74) is -0.456. The van der Waals surface area contributed by atoms with Gasteiger partial charge in [-0.3, -0.25) is 4.79 Å². The normalized spacial score (nSPS) is 18.4. The Morgan fingerprint density at radius 2 is 2.00 bits per heavy atom. The van der Waals surface area contributed by atoms with Crippen LogP contribution in [-0.2, 0) is 10.3 Å². The first-order valence-corrected chi connectivity index (χ1v) is 7.48. The highest BCUT2D eigenvalue weighted by Gasteiger charge is 2.38. The van der Waals surface area contributed by atoms with Gasteiger partial charge in [0.05, 0.1) is 5.56 Å². The molecule has 0 amide bonds. The zero-order valence-corrected chi connectivity index (χ0v) is 12.5. The van der Waals surface area contributed by atoms with E-state index in [9.17, 15) is 9.90 Å². The van der Waals surface area contributed by atoms with Crippen molar-refractivity contribution in [2.24, 2.45) is 0 Å². The van der Waals surface area contributed by atoms with E-state index in [-0.39, 0.29) is 17.4 Å². The van der Waals surface area contributed by atoms with Crippen LogP contribution in [0.5, 0.6) is 5.88 Å². The maximum Gasteiger partial charge on any atom is 0.258 e. The smallest absolute Gasteiger partial charge is 0.258 e. The van der Waals surface area contributed by atoms with Crippen LogP contribution in [0.1, 0.15) is 70.2 Å². The number of nitrogens with zero attached hydrogens (tertiary/aromatic N) is 1. The Labute approximate surface area is 119 Å². The maximum atomic E-state index is 12.2. The van der Waals surface area contributed by atoms with Crippen molar-refractivity contribution in [1.82, 2.24) is 9.97 Å². The number of ether oxygens (including phenoxy) is 1. The topological polar surface area (TPSA) is 75.2 Å². The summed E-state index contributed by atoms with van der Waals surface area (Å²) in [6.45, 7) is 6.24. The van der Waals surface area contributed by atoms with Gasteiger partial charge in [0.25, 0.3) is 5.56 Å². The Bertz CT molecular complexity index is 511. The number of nitrogens with one attached hydrogen (secondary N) is 1. The summed E-state index contributed by atoms with van der Waals surface area (Å²) in [5, 5.41) is 10.1. The van der Waals surface area contributed by atoms with Gasteiger partial charge in [0.1, 0.15) is 11.4 Å². The number of hydrogen-bond acceptors (Lipinski definition) is 4. The average Bonchev–Trinajstić information content (AvgIpc) is 2.38. The van der Waals surface area contributed by atoms with E-state index < -0.39 is 5.60 Å². The Balaban J connectivity index is 2.47. The minimum atomic E-state index is -0.543. The summed E-state index contributed by atoms with van der Waals surface area (Å²) in [5.74, 6) is 0.254.